The van der Waals surface area contributed by atoms with Crippen molar-refractivity contribution >= 4 is 0 Å². The molecule has 0 radical (unpaired) electrons. The van der Waals surface area contributed by atoms with E-state index in [4.69, 9.17) is 0 Å². The maximum atomic E-state index is 3.46. The Morgan fingerprint density at radius 1 is 0.929 bits per heavy atom. The SMILES string of the molecule is C=CC=CC.CC.CCCCCCC. The van der Waals surface area contributed by atoms with Gasteiger partial charge in [-0.2, -0.15) is 0 Å². The van der Waals surface area contributed by atoms with Crippen molar-refractivity contribution in [1.29, 1.82) is 0 Å². The summed E-state index contributed by atoms with van der Waals surface area (Å²) in [6, 6.07) is 0. The summed E-state index contributed by atoms with van der Waals surface area (Å²) < 4.78 is 0. The lowest BCUT2D eigenvalue weighted by molar-refractivity contribution is 0.656. The molecule has 0 atom stereocenters. The first kappa shape index (κ1) is 19.1. The van der Waals surface area contributed by atoms with Crippen LogP contribution in [0.5, 0.6) is 0 Å². The summed E-state index contributed by atoms with van der Waals surface area (Å²) in [6.45, 7) is 13.9. The van der Waals surface area contributed by atoms with Gasteiger partial charge in [-0.15, -0.1) is 0 Å². The van der Waals surface area contributed by atoms with E-state index in [1.165, 1.54) is 32.1 Å². The van der Waals surface area contributed by atoms with Crippen molar-refractivity contribution in [1.82, 2.24) is 0 Å². The summed E-state index contributed by atoms with van der Waals surface area (Å²) in [4.78, 5) is 0. The molecule has 0 heterocycles. The van der Waals surface area contributed by atoms with Gasteiger partial charge in [-0.3, -0.25) is 0 Å². The van der Waals surface area contributed by atoms with Gasteiger partial charge in [0.25, 0.3) is 0 Å². The molecule has 0 aliphatic rings. The van der Waals surface area contributed by atoms with Gasteiger partial charge in [-0.1, -0.05) is 84.6 Å². The highest BCUT2D eigenvalue weighted by Gasteiger charge is 1.80. The topological polar surface area (TPSA) is 0 Å². The van der Waals surface area contributed by atoms with Crippen LogP contribution in [0.1, 0.15) is 66.7 Å². The molecular formula is C14H30. The van der Waals surface area contributed by atoms with Gasteiger partial charge in [-0.25, -0.2) is 0 Å². The van der Waals surface area contributed by atoms with Crippen LogP contribution in [-0.4, -0.2) is 0 Å². The summed E-state index contributed by atoms with van der Waals surface area (Å²) in [5.41, 5.74) is 0. The lowest BCUT2D eigenvalue weighted by Gasteiger charge is -1.90. The average Bonchev–Trinajstić information content (AvgIpc) is 2.24. The molecule has 0 fully saturated rings. The molecule has 0 N–H and O–H groups in total. The van der Waals surface area contributed by atoms with E-state index in [-0.39, 0.29) is 0 Å². The van der Waals surface area contributed by atoms with Gasteiger partial charge in [0.05, 0.1) is 0 Å². The molecule has 0 aliphatic heterocycles. The summed E-state index contributed by atoms with van der Waals surface area (Å²) in [5, 5.41) is 0. The fourth-order valence-electron chi connectivity index (χ4n) is 0.813. The van der Waals surface area contributed by atoms with Crippen molar-refractivity contribution in [3.05, 3.63) is 24.8 Å². The summed E-state index contributed by atoms with van der Waals surface area (Å²) in [5.74, 6) is 0. The van der Waals surface area contributed by atoms with Gasteiger partial charge < -0.3 is 0 Å². The Kier molecular flexibility index (Phi) is 40.1. The Labute approximate surface area is 92.1 Å². The zero-order chi connectivity index (χ0) is 11.7. The Bertz CT molecular complexity index is 86.2. The normalized spacial score (nSPS) is 8.36. The number of hydrogen-bond acceptors (Lipinski definition) is 0. The zero-order valence-corrected chi connectivity index (χ0v) is 11.0. The van der Waals surface area contributed by atoms with E-state index in [1.54, 1.807) is 6.08 Å². The zero-order valence-electron chi connectivity index (χ0n) is 11.0. The average molecular weight is 198 g/mol. The minimum Gasteiger partial charge on any atom is -0.0991 e. The second kappa shape index (κ2) is 29.4. The van der Waals surface area contributed by atoms with E-state index in [0.717, 1.165) is 0 Å². The largest absolute Gasteiger partial charge is 0.0991 e. The predicted octanol–water partition coefficient (Wildman–Crippen LogP) is 5.75. The smallest absolute Gasteiger partial charge is 0.0467 e. The van der Waals surface area contributed by atoms with Crippen LogP contribution in [0.15, 0.2) is 24.8 Å². The van der Waals surface area contributed by atoms with Crippen LogP contribution >= 0.6 is 0 Å². The molecule has 0 spiro atoms. The van der Waals surface area contributed by atoms with Gasteiger partial charge in [0.1, 0.15) is 0 Å². The Balaban J connectivity index is -0.000000152. The molecule has 0 saturated heterocycles. The highest BCUT2D eigenvalue weighted by molar-refractivity contribution is 4.94. The quantitative estimate of drug-likeness (QED) is 0.389. The first-order chi connectivity index (χ1) is 6.83. The van der Waals surface area contributed by atoms with Crippen LogP contribution in [0.4, 0.5) is 0 Å². The molecule has 0 unspecified atom stereocenters. The maximum Gasteiger partial charge on any atom is -0.0467 e. The van der Waals surface area contributed by atoms with Crippen LogP contribution < -0.4 is 0 Å². The lowest BCUT2D eigenvalue weighted by Crippen LogP contribution is -1.70. The van der Waals surface area contributed by atoms with Crippen LogP contribution in [0, 0.1) is 0 Å². The molecule has 0 aliphatic carbocycles. The Morgan fingerprint density at radius 3 is 1.50 bits per heavy atom. The number of rotatable bonds is 5. The van der Waals surface area contributed by atoms with E-state index >= 15 is 0 Å². The fourth-order valence-corrected chi connectivity index (χ4v) is 0.813. The predicted molar refractivity (Wildman–Crippen MR) is 70.8 cm³/mol. The first-order valence-corrected chi connectivity index (χ1v) is 6.07. The minimum atomic E-state index is 1.36. The van der Waals surface area contributed by atoms with Crippen LogP contribution in [0.25, 0.3) is 0 Å². The highest BCUT2D eigenvalue weighted by atomic mass is 13.9. The molecule has 0 saturated carbocycles. The van der Waals surface area contributed by atoms with Gasteiger partial charge in [0, 0.05) is 0 Å². The number of hydrogen-bond donors (Lipinski definition) is 0. The van der Waals surface area contributed by atoms with Crippen molar-refractivity contribution < 1.29 is 0 Å². The Hall–Kier alpha value is -0.520. The van der Waals surface area contributed by atoms with Crippen molar-refractivity contribution in [3.8, 4) is 0 Å². The summed E-state index contributed by atoms with van der Waals surface area (Å²) in [7, 11) is 0. The van der Waals surface area contributed by atoms with Crippen LogP contribution in [-0.2, 0) is 0 Å². The van der Waals surface area contributed by atoms with Crippen molar-refractivity contribution in [2.45, 2.75) is 66.7 Å². The molecular weight excluding hydrogens is 168 g/mol. The second-order valence-corrected chi connectivity index (χ2v) is 2.82. The van der Waals surface area contributed by atoms with E-state index in [0.29, 0.717) is 0 Å². The molecule has 0 bridgehead atoms. The van der Waals surface area contributed by atoms with Crippen molar-refractivity contribution in [2.24, 2.45) is 0 Å². The standard InChI is InChI=1S/C7H16.C5H8.C2H6/c1-3-5-7-6-4-2;1-3-5-4-2;1-2/h3-7H2,1-2H3;3-5H,1H2,2H3;1-2H3. The molecule has 0 nitrogen and oxygen atoms in total. The second-order valence-electron chi connectivity index (χ2n) is 2.82. The van der Waals surface area contributed by atoms with Crippen LogP contribution in [0.3, 0.4) is 0 Å². The van der Waals surface area contributed by atoms with Crippen molar-refractivity contribution in [2.75, 3.05) is 0 Å². The van der Waals surface area contributed by atoms with Gasteiger partial charge >= 0.3 is 0 Å². The van der Waals surface area contributed by atoms with E-state index in [2.05, 4.69) is 20.4 Å². The molecule has 0 aromatic carbocycles. The number of allylic oxidation sites excluding steroid dienone is 3. The third kappa shape index (κ3) is 42.0. The molecule has 0 aromatic rings. The van der Waals surface area contributed by atoms with Crippen molar-refractivity contribution in [3.63, 3.8) is 0 Å². The van der Waals surface area contributed by atoms with Gasteiger partial charge in [0.2, 0.25) is 0 Å². The maximum absolute atomic E-state index is 3.46. The first-order valence-electron chi connectivity index (χ1n) is 6.07. The van der Waals surface area contributed by atoms with Gasteiger partial charge in [-0.05, 0) is 6.92 Å². The van der Waals surface area contributed by atoms with Gasteiger partial charge in [0.15, 0.2) is 0 Å². The lowest BCUT2D eigenvalue weighted by atomic mass is 10.2. The molecule has 86 valence electrons. The Morgan fingerprint density at radius 2 is 1.36 bits per heavy atom. The molecule has 14 heavy (non-hydrogen) atoms. The van der Waals surface area contributed by atoms with E-state index in [9.17, 15) is 0 Å². The summed E-state index contributed by atoms with van der Waals surface area (Å²) >= 11 is 0. The molecule has 0 aromatic heterocycles. The monoisotopic (exact) mass is 198 g/mol. The summed E-state index contributed by atoms with van der Waals surface area (Å²) in [6.07, 6.45) is 12.6. The number of unbranched alkanes of at least 4 members (excludes halogenated alkanes) is 4. The van der Waals surface area contributed by atoms with Crippen LogP contribution in [0.2, 0.25) is 0 Å². The van der Waals surface area contributed by atoms with E-state index in [1.807, 2.05) is 32.9 Å². The van der Waals surface area contributed by atoms with E-state index < -0.39 is 0 Å². The highest BCUT2D eigenvalue weighted by Crippen LogP contribution is 2.00. The molecule has 0 rings (SSSR count). The minimum absolute atomic E-state index is 1.36. The fraction of sp³-hybridized carbons (Fsp3) is 0.714. The third-order valence-corrected chi connectivity index (χ3v) is 1.54. The molecule has 0 amide bonds. The third-order valence-electron chi connectivity index (χ3n) is 1.54. The molecule has 0 heteroatoms.